The molecule has 1 rings (SSSR count). The Morgan fingerprint density at radius 3 is 1.39 bits per heavy atom. The summed E-state index contributed by atoms with van der Waals surface area (Å²) in [7, 11) is -5.03. The molecule has 6 atom stereocenters. The van der Waals surface area contributed by atoms with Gasteiger partial charge in [-0.15, -0.1) is 0 Å². The molecule has 0 bridgehead atoms. The topological polar surface area (TPSA) is 192 Å². The highest BCUT2D eigenvalue weighted by atomic mass is 31.2. The van der Waals surface area contributed by atoms with Crippen molar-refractivity contribution in [3.63, 3.8) is 0 Å². The molecular weight excluding hydrogens is 836 g/mol. The maximum Gasteiger partial charge on any atom is 0.472 e. The molecule has 0 saturated heterocycles. The van der Waals surface area contributed by atoms with Crippen molar-refractivity contribution in [1.29, 1.82) is 0 Å². The Labute approximate surface area is 387 Å². The highest BCUT2D eigenvalue weighted by Crippen LogP contribution is 2.47. The van der Waals surface area contributed by atoms with E-state index in [-0.39, 0.29) is 13.0 Å². The lowest BCUT2D eigenvalue weighted by molar-refractivity contribution is -0.220. The minimum Gasteiger partial charge on any atom is -0.457 e. The van der Waals surface area contributed by atoms with Gasteiger partial charge in [0.1, 0.15) is 42.7 Å². The number of hydrogen-bond acceptors (Lipinski definition) is 11. The number of carbonyl (C=O) groups is 1. The smallest absolute Gasteiger partial charge is 0.457 e. The van der Waals surface area contributed by atoms with Crippen molar-refractivity contribution in [1.82, 2.24) is 0 Å². The van der Waals surface area contributed by atoms with Gasteiger partial charge in [0.15, 0.2) is 0 Å². The average Bonchev–Trinajstić information content (AvgIpc) is 3.28. The Hall–Kier alpha value is -2.22. The molecule has 0 aromatic carbocycles. The minimum atomic E-state index is -5.03. The summed E-state index contributed by atoms with van der Waals surface area (Å²) in [6.07, 6.45) is 41.1. The second kappa shape index (κ2) is 41.0. The van der Waals surface area contributed by atoms with Crippen molar-refractivity contribution in [2.75, 3.05) is 19.8 Å². The predicted molar refractivity (Wildman–Crippen MR) is 258 cm³/mol. The molecule has 370 valence electrons. The van der Waals surface area contributed by atoms with E-state index in [9.17, 15) is 39.8 Å². The zero-order valence-electron chi connectivity index (χ0n) is 39.6. The molecule has 64 heavy (non-hydrogen) atoms. The van der Waals surface area contributed by atoms with E-state index in [0.29, 0.717) is 13.0 Å². The molecule has 1 fully saturated rings. The lowest BCUT2D eigenvalue weighted by Crippen LogP contribution is -2.64. The van der Waals surface area contributed by atoms with Gasteiger partial charge in [0, 0.05) is 13.0 Å². The van der Waals surface area contributed by atoms with Gasteiger partial charge in [0.25, 0.3) is 0 Å². The third-order valence-corrected chi connectivity index (χ3v) is 12.1. The number of aliphatic hydroxyl groups is 5. The van der Waals surface area contributed by atoms with Gasteiger partial charge in [-0.05, 0) is 64.2 Å². The summed E-state index contributed by atoms with van der Waals surface area (Å²) >= 11 is 0. The first-order valence-electron chi connectivity index (χ1n) is 24.8. The summed E-state index contributed by atoms with van der Waals surface area (Å²) in [6.45, 7) is 4.07. The van der Waals surface area contributed by atoms with Crippen molar-refractivity contribution < 1.29 is 58.3 Å². The van der Waals surface area contributed by atoms with Gasteiger partial charge < -0.3 is 39.9 Å². The molecular formula is C51H89O12P. The molecule has 0 aromatic heterocycles. The van der Waals surface area contributed by atoms with Crippen LogP contribution in [-0.4, -0.2) is 98.9 Å². The lowest BCUT2D eigenvalue weighted by Gasteiger charge is -2.41. The SMILES string of the molecule is CC/C=C\C/C=C\C/C=C\C/C=C\C/C=C\C/C=C\CCCCCOCC(COP(=O)(O)OC1C(O)C(O)C(O)C(O)C1O)OC(=O)CCCCCCCCCCCCCCCCC. The highest BCUT2D eigenvalue weighted by molar-refractivity contribution is 7.47. The quantitative estimate of drug-likeness (QED) is 0.0147. The number of esters is 1. The molecule has 13 heteroatoms. The number of phosphoric acid groups is 1. The van der Waals surface area contributed by atoms with E-state index in [1.165, 1.54) is 70.6 Å². The maximum atomic E-state index is 12.8. The number of rotatable bonds is 41. The summed E-state index contributed by atoms with van der Waals surface area (Å²) < 4.78 is 34.2. The standard InChI is InChI=1S/C51H89O12P/c1-3-5-7-9-11-13-15-17-19-20-21-22-23-24-25-27-29-31-33-35-37-39-41-60-42-44(43-61-64(58,59)63-51-49(56)47(54)46(53)48(55)50(51)57)62-45(52)40-38-36-34-32-30-28-26-18-16-14-12-10-8-6-4-2/h5,7,11,13,17,19,21-22,24-25,29,31,44,46-51,53-57H,3-4,6,8-10,12,14-16,18,20,23,26-28,30,32-43H2,1-2H3,(H,58,59)/b7-5-,13-11-,19-17-,22-21-,25-24-,31-29-. The van der Waals surface area contributed by atoms with Crippen LogP contribution in [0.15, 0.2) is 72.9 Å². The Morgan fingerprint density at radius 1 is 0.516 bits per heavy atom. The number of ether oxygens (including phenoxy) is 2. The summed E-state index contributed by atoms with van der Waals surface area (Å²) in [5.74, 6) is -0.490. The minimum absolute atomic E-state index is 0.101. The van der Waals surface area contributed by atoms with Gasteiger partial charge in [0.05, 0.1) is 13.2 Å². The van der Waals surface area contributed by atoms with E-state index < -0.39 is 63.1 Å². The third-order valence-electron chi connectivity index (χ3n) is 11.1. The molecule has 6 N–H and O–H groups in total. The van der Waals surface area contributed by atoms with Crippen LogP contribution in [0.4, 0.5) is 0 Å². The van der Waals surface area contributed by atoms with Crippen LogP contribution in [0.1, 0.15) is 181 Å². The van der Waals surface area contributed by atoms with Gasteiger partial charge in [-0.3, -0.25) is 13.8 Å². The molecule has 1 aliphatic carbocycles. The predicted octanol–water partition coefficient (Wildman–Crippen LogP) is 10.8. The van der Waals surface area contributed by atoms with Crippen LogP contribution in [0.5, 0.6) is 0 Å². The Kier molecular flexibility index (Phi) is 38.3. The van der Waals surface area contributed by atoms with Crippen molar-refractivity contribution in [2.24, 2.45) is 0 Å². The van der Waals surface area contributed by atoms with Gasteiger partial charge in [-0.1, -0.05) is 183 Å². The largest absolute Gasteiger partial charge is 0.472 e. The molecule has 12 nitrogen and oxygen atoms in total. The van der Waals surface area contributed by atoms with Crippen molar-refractivity contribution >= 4 is 13.8 Å². The van der Waals surface area contributed by atoms with E-state index >= 15 is 0 Å². The second-order valence-corrected chi connectivity index (χ2v) is 18.3. The van der Waals surface area contributed by atoms with E-state index in [1.54, 1.807) is 0 Å². The zero-order valence-corrected chi connectivity index (χ0v) is 40.5. The van der Waals surface area contributed by atoms with E-state index in [1.807, 2.05) is 0 Å². The number of hydrogen-bond donors (Lipinski definition) is 6. The van der Waals surface area contributed by atoms with Crippen molar-refractivity contribution in [2.45, 2.75) is 224 Å². The van der Waals surface area contributed by atoms with Gasteiger partial charge >= 0.3 is 13.8 Å². The van der Waals surface area contributed by atoms with Gasteiger partial charge in [-0.2, -0.15) is 0 Å². The second-order valence-electron chi connectivity index (χ2n) is 16.9. The molecule has 0 radical (unpaired) electrons. The monoisotopic (exact) mass is 925 g/mol. The zero-order chi connectivity index (χ0) is 46.9. The number of unbranched alkanes of at least 4 members (excludes halogenated alkanes) is 17. The molecule has 0 heterocycles. The Morgan fingerprint density at radius 2 is 0.922 bits per heavy atom. The Bertz CT molecular complexity index is 1330. The van der Waals surface area contributed by atoms with E-state index in [0.717, 1.165) is 83.5 Å². The maximum absolute atomic E-state index is 12.8. The summed E-state index contributed by atoms with van der Waals surface area (Å²) in [5.41, 5.74) is 0. The van der Waals surface area contributed by atoms with Gasteiger partial charge in [0.2, 0.25) is 0 Å². The van der Waals surface area contributed by atoms with Crippen molar-refractivity contribution in [3.8, 4) is 0 Å². The molecule has 0 aromatic rings. The van der Waals surface area contributed by atoms with Crippen LogP contribution in [-0.2, 0) is 27.9 Å². The molecule has 6 unspecified atom stereocenters. The van der Waals surface area contributed by atoms with Crippen LogP contribution in [0.2, 0.25) is 0 Å². The highest BCUT2D eigenvalue weighted by Gasteiger charge is 2.51. The average molecular weight is 925 g/mol. The van der Waals surface area contributed by atoms with Crippen LogP contribution >= 0.6 is 7.82 Å². The molecule has 0 amide bonds. The number of allylic oxidation sites excluding steroid dienone is 12. The molecule has 0 spiro atoms. The third kappa shape index (κ3) is 32.5. The van der Waals surface area contributed by atoms with Crippen LogP contribution in [0.25, 0.3) is 0 Å². The summed E-state index contributed by atoms with van der Waals surface area (Å²) in [6, 6.07) is 0. The summed E-state index contributed by atoms with van der Waals surface area (Å²) in [5, 5.41) is 50.2. The Balaban J connectivity index is 2.39. The normalized spacial score (nSPS) is 22.3. The lowest BCUT2D eigenvalue weighted by atomic mass is 9.85. The number of phosphoric ester groups is 1. The fourth-order valence-corrected chi connectivity index (χ4v) is 8.15. The van der Waals surface area contributed by atoms with Gasteiger partial charge in [-0.25, -0.2) is 4.57 Å². The van der Waals surface area contributed by atoms with Crippen LogP contribution in [0.3, 0.4) is 0 Å². The fraction of sp³-hybridized carbons (Fsp3) is 0.745. The summed E-state index contributed by atoms with van der Waals surface area (Å²) in [4.78, 5) is 23.2. The first kappa shape index (κ1) is 59.8. The van der Waals surface area contributed by atoms with Crippen LogP contribution in [0, 0.1) is 0 Å². The van der Waals surface area contributed by atoms with E-state index in [4.69, 9.17) is 18.5 Å². The first-order valence-corrected chi connectivity index (χ1v) is 26.3. The van der Waals surface area contributed by atoms with Crippen molar-refractivity contribution in [3.05, 3.63) is 72.9 Å². The first-order chi connectivity index (χ1) is 31.0. The van der Waals surface area contributed by atoms with Crippen LogP contribution < -0.4 is 0 Å². The fourth-order valence-electron chi connectivity index (χ4n) is 7.18. The number of carbonyl (C=O) groups excluding carboxylic acids is 1. The van der Waals surface area contributed by atoms with E-state index in [2.05, 4.69) is 86.8 Å². The molecule has 0 aliphatic heterocycles. The number of aliphatic hydroxyl groups excluding tert-OH is 5. The molecule has 1 saturated carbocycles. The molecule has 1 aliphatic rings.